The normalized spacial score (nSPS) is 12.8. The van der Waals surface area contributed by atoms with E-state index in [0.717, 1.165) is 23.6 Å². The zero-order valence-corrected chi connectivity index (χ0v) is 10.3. The van der Waals surface area contributed by atoms with Crippen molar-refractivity contribution in [3.05, 3.63) is 23.0 Å². The maximum atomic E-state index is 5.28. The Bertz CT molecular complexity index is 518. The highest BCUT2D eigenvalue weighted by Crippen LogP contribution is 2.16. The predicted molar refractivity (Wildman–Crippen MR) is 67.6 cm³/mol. The summed E-state index contributed by atoms with van der Waals surface area (Å²) in [5, 5.41) is 5.46. The second kappa shape index (κ2) is 4.69. The first-order valence-corrected chi connectivity index (χ1v) is 6.18. The van der Waals surface area contributed by atoms with Crippen molar-refractivity contribution in [3.8, 4) is 12.3 Å². The van der Waals surface area contributed by atoms with Crippen molar-refractivity contribution in [2.75, 3.05) is 0 Å². The van der Waals surface area contributed by atoms with E-state index in [-0.39, 0.29) is 0 Å². The van der Waals surface area contributed by atoms with Gasteiger partial charge in [-0.2, -0.15) is 0 Å². The molecule has 16 heavy (non-hydrogen) atoms. The predicted octanol–water partition coefficient (Wildman–Crippen LogP) is 2.21. The van der Waals surface area contributed by atoms with E-state index < -0.39 is 0 Å². The van der Waals surface area contributed by atoms with Gasteiger partial charge in [0.1, 0.15) is 0 Å². The molecule has 0 amide bonds. The van der Waals surface area contributed by atoms with E-state index in [1.807, 2.05) is 6.92 Å². The number of hydrogen-bond donors (Lipinski definition) is 1. The summed E-state index contributed by atoms with van der Waals surface area (Å²) in [5.41, 5.74) is 2.31. The second-order valence-electron chi connectivity index (χ2n) is 3.89. The Morgan fingerprint density at radius 2 is 2.50 bits per heavy atom. The van der Waals surface area contributed by atoms with Gasteiger partial charge in [0.25, 0.3) is 0 Å². The molecule has 0 spiro atoms. The Balaban J connectivity index is 2.11. The fourth-order valence-electron chi connectivity index (χ4n) is 1.67. The van der Waals surface area contributed by atoms with Crippen molar-refractivity contribution in [1.29, 1.82) is 0 Å². The van der Waals surface area contributed by atoms with Crippen LogP contribution in [0.3, 0.4) is 0 Å². The molecule has 0 aliphatic carbocycles. The quantitative estimate of drug-likeness (QED) is 0.820. The molecule has 4 heteroatoms. The number of rotatable bonds is 4. The number of hydrogen-bond acceptors (Lipinski definition) is 3. The number of aryl methyl sites for hydroxylation is 1. The molecule has 0 bridgehead atoms. The number of nitrogens with zero attached hydrogens (tertiary/aromatic N) is 2. The molecular formula is C12H15N3S. The van der Waals surface area contributed by atoms with E-state index in [2.05, 4.69) is 39.1 Å². The molecule has 2 aromatic rings. The molecule has 0 aromatic carbocycles. The van der Waals surface area contributed by atoms with Crippen LogP contribution >= 0.6 is 11.3 Å². The summed E-state index contributed by atoms with van der Waals surface area (Å²) in [6, 6.07) is 0.341. The average molecular weight is 233 g/mol. The highest BCUT2D eigenvalue weighted by Gasteiger charge is 2.09. The Hall–Kier alpha value is -1.31. The molecule has 2 aromatic heterocycles. The zero-order chi connectivity index (χ0) is 11.5. The van der Waals surface area contributed by atoms with E-state index in [1.165, 1.54) is 5.69 Å². The van der Waals surface area contributed by atoms with Crippen LogP contribution in [0.15, 0.2) is 11.6 Å². The van der Waals surface area contributed by atoms with Crippen LogP contribution in [-0.2, 0) is 6.54 Å². The van der Waals surface area contributed by atoms with Gasteiger partial charge in [0.15, 0.2) is 4.96 Å². The minimum absolute atomic E-state index is 0.341. The van der Waals surface area contributed by atoms with Crippen molar-refractivity contribution in [2.24, 2.45) is 0 Å². The summed E-state index contributed by atoms with van der Waals surface area (Å²) in [5.74, 6) is 2.66. The highest BCUT2D eigenvalue weighted by molar-refractivity contribution is 7.15. The van der Waals surface area contributed by atoms with Crippen LogP contribution < -0.4 is 5.32 Å². The third-order valence-corrected chi connectivity index (χ3v) is 3.36. The molecule has 2 heterocycles. The summed E-state index contributed by atoms with van der Waals surface area (Å²) >= 11 is 1.66. The molecule has 0 aliphatic rings. The number of imidazole rings is 1. The molecule has 1 N–H and O–H groups in total. The Morgan fingerprint density at radius 1 is 1.69 bits per heavy atom. The maximum Gasteiger partial charge on any atom is 0.194 e. The van der Waals surface area contributed by atoms with Crippen molar-refractivity contribution in [3.63, 3.8) is 0 Å². The summed E-state index contributed by atoms with van der Waals surface area (Å²) in [6.45, 7) is 4.95. The number of nitrogens with one attached hydrogen (secondary N) is 1. The molecule has 84 valence electrons. The van der Waals surface area contributed by atoms with Crippen molar-refractivity contribution in [2.45, 2.75) is 32.9 Å². The number of thiazole rings is 1. The average Bonchev–Trinajstić information content (AvgIpc) is 2.76. The molecular weight excluding hydrogens is 218 g/mol. The fraction of sp³-hybridized carbons (Fsp3) is 0.417. The lowest BCUT2D eigenvalue weighted by Gasteiger charge is -2.10. The lowest BCUT2D eigenvalue weighted by molar-refractivity contribution is 0.550. The standard InChI is InChI=1S/C12H15N3S/c1-4-5-9(2)13-8-11-10(3)14-12-15(11)6-7-16-12/h1,6-7,9,13H,5,8H2,2-3H3. The van der Waals surface area contributed by atoms with Gasteiger partial charge in [-0.15, -0.1) is 23.7 Å². The minimum atomic E-state index is 0.341. The van der Waals surface area contributed by atoms with Crippen LogP contribution in [0.5, 0.6) is 0 Å². The first-order chi connectivity index (χ1) is 7.72. The smallest absolute Gasteiger partial charge is 0.194 e. The van der Waals surface area contributed by atoms with E-state index >= 15 is 0 Å². The van der Waals surface area contributed by atoms with Gasteiger partial charge >= 0.3 is 0 Å². The summed E-state index contributed by atoms with van der Waals surface area (Å²) in [7, 11) is 0. The highest BCUT2D eigenvalue weighted by atomic mass is 32.1. The number of aromatic nitrogens is 2. The van der Waals surface area contributed by atoms with Gasteiger partial charge in [-0.3, -0.25) is 4.40 Å². The molecule has 3 nitrogen and oxygen atoms in total. The SMILES string of the molecule is C#CCC(C)NCc1c(C)nc2sccn12. The molecule has 0 aliphatic heterocycles. The molecule has 2 rings (SSSR count). The molecule has 0 saturated heterocycles. The molecule has 0 radical (unpaired) electrons. The third-order valence-electron chi connectivity index (χ3n) is 2.60. The van der Waals surface area contributed by atoms with E-state index in [0.29, 0.717) is 6.04 Å². The summed E-state index contributed by atoms with van der Waals surface area (Å²) < 4.78 is 2.13. The maximum absolute atomic E-state index is 5.28. The van der Waals surface area contributed by atoms with Gasteiger partial charge in [0.05, 0.1) is 11.4 Å². The fourth-order valence-corrected chi connectivity index (χ4v) is 2.45. The van der Waals surface area contributed by atoms with Crippen molar-refractivity contribution < 1.29 is 0 Å². The van der Waals surface area contributed by atoms with E-state index in [4.69, 9.17) is 6.42 Å². The van der Waals surface area contributed by atoms with Crippen LogP contribution in [0, 0.1) is 19.3 Å². The lowest BCUT2D eigenvalue weighted by Crippen LogP contribution is -2.25. The largest absolute Gasteiger partial charge is 0.308 e. The zero-order valence-electron chi connectivity index (χ0n) is 9.53. The molecule has 0 saturated carbocycles. The third kappa shape index (κ3) is 2.11. The topological polar surface area (TPSA) is 29.3 Å². The minimum Gasteiger partial charge on any atom is -0.308 e. The van der Waals surface area contributed by atoms with Crippen molar-refractivity contribution >= 4 is 16.3 Å². The summed E-state index contributed by atoms with van der Waals surface area (Å²) in [6.07, 6.45) is 8.09. The van der Waals surface area contributed by atoms with Crippen molar-refractivity contribution in [1.82, 2.24) is 14.7 Å². The first-order valence-electron chi connectivity index (χ1n) is 5.30. The van der Waals surface area contributed by atoms with Gasteiger partial charge < -0.3 is 5.32 Å². The molecule has 1 unspecified atom stereocenters. The number of fused-ring (bicyclic) bond motifs is 1. The van der Waals surface area contributed by atoms with Gasteiger partial charge in [-0.05, 0) is 13.8 Å². The van der Waals surface area contributed by atoms with Crippen LogP contribution in [-0.4, -0.2) is 15.4 Å². The lowest BCUT2D eigenvalue weighted by atomic mass is 10.2. The van der Waals surface area contributed by atoms with Crippen LogP contribution in [0.2, 0.25) is 0 Å². The van der Waals surface area contributed by atoms with Crippen LogP contribution in [0.4, 0.5) is 0 Å². The van der Waals surface area contributed by atoms with Crippen LogP contribution in [0.25, 0.3) is 4.96 Å². The van der Waals surface area contributed by atoms with Gasteiger partial charge in [0.2, 0.25) is 0 Å². The molecule has 1 atom stereocenters. The Labute approximate surface area is 99.5 Å². The number of terminal acetylenes is 1. The first kappa shape index (κ1) is 11.2. The van der Waals surface area contributed by atoms with Gasteiger partial charge in [-0.25, -0.2) is 4.98 Å². The Kier molecular flexibility index (Phi) is 3.28. The van der Waals surface area contributed by atoms with Gasteiger partial charge in [0, 0.05) is 30.6 Å². The van der Waals surface area contributed by atoms with E-state index in [9.17, 15) is 0 Å². The van der Waals surface area contributed by atoms with E-state index in [1.54, 1.807) is 11.3 Å². The van der Waals surface area contributed by atoms with Crippen LogP contribution in [0.1, 0.15) is 24.7 Å². The monoisotopic (exact) mass is 233 g/mol. The second-order valence-corrected chi connectivity index (χ2v) is 4.76. The Morgan fingerprint density at radius 3 is 3.25 bits per heavy atom. The molecule has 0 fully saturated rings. The summed E-state index contributed by atoms with van der Waals surface area (Å²) in [4.78, 5) is 5.55. The van der Waals surface area contributed by atoms with Gasteiger partial charge in [-0.1, -0.05) is 0 Å².